The van der Waals surface area contributed by atoms with Crippen molar-refractivity contribution in [3.63, 3.8) is 0 Å². The van der Waals surface area contributed by atoms with Crippen LogP contribution >= 0.6 is 11.3 Å². The third-order valence-corrected chi connectivity index (χ3v) is 8.26. The second kappa shape index (κ2) is 11.7. The van der Waals surface area contributed by atoms with Crippen LogP contribution in [0.2, 0.25) is 0 Å². The first-order valence-electron chi connectivity index (χ1n) is 10.9. The Balaban J connectivity index is 1.93. The molecule has 0 unspecified atom stereocenters. The number of carbonyl (C=O) groups excluding carboxylic acids is 2. The van der Waals surface area contributed by atoms with E-state index >= 15 is 0 Å². The summed E-state index contributed by atoms with van der Waals surface area (Å²) < 4.78 is 34.4. The van der Waals surface area contributed by atoms with Crippen LogP contribution in [0, 0.1) is 22.7 Å². The molecule has 36 heavy (non-hydrogen) atoms. The molecule has 10 nitrogen and oxygen atoms in total. The SMILES string of the molecule is CCn1c(=NC(=O)c2ccc(S(=O)(=O)N(CCC#N)CCC#N)cc2)sc2cc(C(=O)OC)ccc21. The number of fused-ring (bicyclic) bond motifs is 1. The molecule has 0 spiro atoms. The van der Waals surface area contributed by atoms with Crippen molar-refractivity contribution in [2.45, 2.75) is 31.2 Å². The second-order valence-electron chi connectivity index (χ2n) is 7.46. The summed E-state index contributed by atoms with van der Waals surface area (Å²) in [5.74, 6) is -1.01. The zero-order valence-corrected chi connectivity index (χ0v) is 21.3. The summed E-state index contributed by atoms with van der Waals surface area (Å²) in [6.45, 7) is 2.39. The van der Waals surface area contributed by atoms with Crippen molar-refractivity contribution in [1.29, 1.82) is 10.5 Å². The summed E-state index contributed by atoms with van der Waals surface area (Å²) in [6, 6.07) is 14.3. The lowest BCUT2D eigenvalue weighted by Crippen LogP contribution is -2.32. The standard InChI is InChI=1S/C24H23N5O5S2/c1-3-29-20-11-8-18(23(31)34-2)16-21(20)35-24(29)27-22(30)17-6-9-19(10-7-17)36(32,33)28(14-4-12-25)15-5-13-26/h6-11,16H,3-5,14-15H2,1-2H3. The van der Waals surface area contributed by atoms with E-state index in [1.54, 1.807) is 18.2 Å². The maximum absolute atomic E-state index is 13.0. The quantitative estimate of drug-likeness (QED) is 0.390. The molecule has 3 rings (SSSR count). The number of hydrogen-bond donors (Lipinski definition) is 0. The largest absolute Gasteiger partial charge is 0.465 e. The maximum Gasteiger partial charge on any atom is 0.337 e. The molecule has 186 valence electrons. The van der Waals surface area contributed by atoms with Crippen LogP contribution in [0.4, 0.5) is 0 Å². The molecule has 1 heterocycles. The molecule has 0 atom stereocenters. The highest BCUT2D eigenvalue weighted by Crippen LogP contribution is 2.21. The first-order valence-corrected chi connectivity index (χ1v) is 13.2. The van der Waals surface area contributed by atoms with Crippen LogP contribution in [0.5, 0.6) is 0 Å². The highest BCUT2D eigenvalue weighted by atomic mass is 32.2. The monoisotopic (exact) mass is 525 g/mol. The number of ether oxygens (including phenoxy) is 1. The summed E-state index contributed by atoms with van der Waals surface area (Å²) in [5, 5.41) is 17.6. The van der Waals surface area contributed by atoms with Gasteiger partial charge in [0.1, 0.15) is 0 Å². The second-order valence-corrected chi connectivity index (χ2v) is 10.4. The van der Waals surface area contributed by atoms with Gasteiger partial charge in [0.15, 0.2) is 4.80 Å². The molecule has 0 aliphatic heterocycles. The molecule has 1 amide bonds. The van der Waals surface area contributed by atoms with Gasteiger partial charge in [-0.3, -0.25) is 4.79 Å². The van der Waals surface area contributed by atoms with Gasteiger partial charge in [0.25, 0.3) is 5.91 Å². The van der Waals surface area contributed by atoms with Gasteiger partial charge in [-0.1, -0.05) is 11.3 Å². The van der Waals surface area contributed by atoms with Crippen molar-refractivity contribution in [1.82, 2.24) is 8.87 Å². The highest BCUT2D eigenvalue weighted by Gasteiger charge is 2.24. The van der Waals surface area contributed by atoms with Crippen LogP contribution in [-0.4, -0.2) is 49.4 Å². The minimum atomic E-state index is -3.94. The smallest absolute Gasteiger partial charge is 0.337 e. The minimum Gasteiger partial charge on any atom is -0.465 e. The Morgan fingerprint density at radius 3 is 2.22 bits per heavy atom. The predicted octanol–water partition coefficient (Wildman–Crippen LogP) is 3.07. The Kier molecular flexibility index (Phi) is 8.72. The molecule has 0 N–H and O–H groups in total. The number of esters is 1. The fourth-order valence-corrected chi connectivity index (χ4v) is 6.05. The maximum atomic E-state index is 13.0. The molecule has 0 saturated carbocycles. The van der Waals surface area contributed by atoms with Crippen LogP contribution in [-0.2, 0) is 21.3 Å². The van der Waals surface area contributed by atoms with Gasteiger partial charge >= 0.3 is 5.97 Å². The number of sulfonamides is 1. The lowest BCUT2D eigenvalue weighted by Gasteiger charge is -2.20. The van der Waals surface area contributed by atoms with Gasteiger partial charge in [0.05, 0.1) is 39.9 Å². The number of nitrogens with zero attached hydrogens (tertiary/aromatic N) is 5. The number of hydrogen-bond acceptors (Lipinski definition) is 8. The van der Waals surface area contributed by atoms with Gasteiger partial charge in [-0.2, -0.15) is 19.8 Å². The van der Waals surface area contributed by atoms with Crippen molar-refractivity contribution in [3.05, 3.63) is 58.4 Å². The molecule has 0 fully saturated rings. The molecule has 0 aliphatic carbocycles. The predicted molar refractivity (Wildman–Crippen MR) is 132 cm³/mol. The van der Waals surface area contributed by atoms with Crippen LogP contribution in [0.25, 0.3) is 10.2 Å². The van der Waals surface area contributed by atoms with E-state index in [2.05, 4.69) is 4.99 Å². The van der Waals surface area contributed by atoms with Gasteiger partial charge in [0, 0.05) is 38.0 Å². The number of aromatic nitrogens is 1. The molecule has 3 aromatic rings. The van der Waals surface area contributed by atoms with Gasteiger partial charge in [-0.25, -0.2) is 13.2 Å². The fourth-order valence-electron chi connectivity index (χ4n) is 3.48. The van der Waals surface area contributed by atoms with Gasteiger partial charge < -0.3 is 9.30 Å². The molecule has 2 aromatic carbocycles. The molecule has 0 aliphatic rings. The molecule has 0 saturated heterocycles. The number of methoxy groups -OCH3 is 1. The summed E-state index contributed by atoms with van der Waals surface area (Å²) in [6.07, 6.45) is -0.0122. The molecular formula is C24H23N5O5S2. The molecule has 0 bridgehead atoms. The Hall–Kier alpha value is -3.84. The van der Waals surface area contributed by atoms with E-state index in [1.807, 2.05) is 23.6 Å². The van der Waals surface area contributed by atoms with Crippen molar-refractivity contribution in [2.24, 2.45) is 4.99 Å². The van der Waals surface area contributed by atoms with E-state index in [9.17, 15) is 18.0 Å². The zero-order valence-electron chi connectivity index (χ0n) is 19.7. The molecular weight excluding hydrogens is 502 g/mol. The summed E-state index contributed by atoms with van der Waals surface area (Å²) >= 11 is 1.25. The number of thiazole rings is 1. The van der Waals surface area contributed by atoms with Crippen molar-refractivity contribution < 1.29 is 22.7 Å². The topological polar surface area (TPSA) is 146 Å². The molecule has 1 aromatic heterocycles. The Bertz CT molecular complexity index is 1520. The Morgan fingerprint density at radius 1 is 1.06 bits per heavy atom. The van der Waals surface area contributed by atoms with Crippen LogP contribution in [0.15, 0.2) is 52.4 Å². The fraction of sp³-hybridized carbons (Fsp3) is 0.292. The summed E-state index contributed by atoms with van der Waals surface area (Å²) in [5.41, 5.74) is 1.41. The number of aryl methyl sites for hydroxylation is 1. The minimum absolute atomic E-state index is 0.00612. The summed E-state index contributed by atoms with van der Waals surface area (Å²) in [7, 11) is -2.63. The van der Waals surface area contributed by atoms with Crippen molar-refractivity contribution in [3.8, 4) is 12.1 Å². The van der Waals surface area contributed by atoms with Crippen LogP contribution < -0.4 is 4.80 Å². The third-order valence-electron chi connectivity index (χ3n) is 5.30. The van der Waals surface area contributed by atoms with E-state index in [1.165, 1.54) is 42.7 Å². The number of carbonyl (C=O) groups is 2. The third kappa shape index (κ3) is 5.69. The van der Waals surface area contributed by atoms with E-state index < -0.39 is 21.9 Å². The van der Waals surface area contributed by atoms with Crippen LogP contribution in [0.1, 0.15) is 40.5 Å². The van der Waals surface area contributed by atoms with Crippen LogP contribution in [0.3, 0.4) is 0 Å². The van der Waals surface area contributed by atoms with Gasteiger partial charge in [-0.05, 0) is 49.4 Å². The van der Waals surface area contributed by atoms with Crippen molar-refractivity contribution >= 4 is 43.5 Å². The molecule has 12 heteroatoms. The van der Waals surface area contributed by atoms with Crippen molar-refractivity contribution in [2.75, 3.05) is 20.2 Å². The highest BCUT2D eigenvalue weighted by molar-refractivity contribution is 7.89. The number of benzene rings is 2. The van der Waals surface area contributed by atoms with Gasteiger partial charge in [0.2, 0.25) is 10.0 Å². The normalized spacial score (nSPS) is 11.9. The van der Waals surface area contributed by atoms with E-state index in [4.69, 9.17) is 15.3 Å². The number of amides is 1. The number of rotatable bonds is 9. The zero-order chi connectivity index (χ0) is 26.3. The average molecular weight is 526 g/mol. The molecule has 0 radical (unpaired) electrons. The number of nitriles is 2. The lowest BCUT2D eigenvalue weighted by atomic mass is 10.2. The average Bonchev–Trinajstić information content (AvgIpc) is 3.24. The Morgan fingerprint density at radius 2 is 1.67 bits per heavy atom. The first-order chi connectivity index (χ1) is 17.3. The van der Waals surface area contributed by atoms with E-state index in [-0.39, 0.29) is 36.4 Å². The lowest BCUT2D eigenvalue weighted by molar-refractivity contribution is 0.0600. The van der Waals surface area contributed by atoms with E-state index in [0.29, 0.717) is 16.9 Å². The van der Waals surface area contributed by atoms with E-state index in [0.717, 1.165) is 14.5 Å². The summed E-state index contributed by atoms with van der Waals surface area (Å²) in [4.78, 5) is 29.4. The Labute approximate surface area is 212 Å². The first kappa shape index (κ1) is 26.8. The van der Waals surface area contributed by atoms with Gasteiger partial charge in [-0.15, -0.1) is 0 Å².